The van der Waals surface area contributed by atoms with Gasteiger partial charge in [-0.1, -0.05) is 26.8 Å². The first-order valence-electron chi connectivity index (χ1n) is 8.63. The molecule has 0 aliphatic heterocycles. The van der Waals surface area contributed by atoms with Crippen LogP contribution in [-0.4, -0.2) is 4.98 Å². The van der Waals surface area contributed by atoms with Crippen molar-refractivity contribution in [3.05, 3.63) is 59.1 Å². The molecule has 2 bridgehead atoms. The molecule has 3 aromatic rings. The molecule has 2 aliphatic rings. The predicted octanol–water partition coefficient (Wildman–Crippen LogP) is 5.91. The van der Waals surface area contributed by atoms with E-state index in [0.717, 1.165) is 16.3 Å². The summed E-state index contributed by atoms with van der Waals surface area (Å²) in [4.78, 5) is 8.49. The second-order valence-corrected chi connectivity index (χ2v) is 8.09. The van der Waals surface area contributed by atoms with Crippen molar-refractivity contribution < 1.29 is 20.1 Å². The Kier molecular flexibility index (Phi) is 3.43. The van der Waals surface area contributed by atoms with Crippen LogP contribution in [0.5, 0.6) is 0 Å². The van der Waals surface area contributed by atoms with Gasteiger partial charge in [0.25, 0.3) is 0 Å². The zero-order chi connectivity index (χ0) is 16.7. The molecule has 1 fully saturated rings. The van der Waals surface area contributed by atoms with E-state index in [1.165, 1.54) is 29.4 Å². The van der Waals surface area contributed by atoms with E-state index in [1.54, 1.807) is 0 Å². The van der Waals surface area contributed by atoms with Crippen molar-refractivity contribution in [1.82, 2.24) is 4.98 Å². The Bertz CT molecular complexity index is 1080. The number of hydrogen-bond donors (Lipinski definition) is 0. The van der Waals surface area contributed by atoms with Gasteiger partial charge in [-0.05, 0) is 51.6 Å². The van der Waals surface area contributed by atoms with Gasteiger partial charge in [-0.15, -0.1) is 29.0 Å². The summed E-state index contributed by atoms with van der Waals surface area (Å²) in [5.41, 5.74) is 5.11. The van der Waals surface area contributed by atoms with Crippen LogP contribution in [0.15, 0.2) is 30.5 Å². The minimum Gasteiger partial charge on any atom is -0.304 e. The zero-order valence-electron chi connectivity index (χ0n) is 14.6. The molecule has 1 saturated carbocycles. The Hall–Kier alpha value is -1.75. The van der Waals surface area contributed by atoms with E-state index in [2.05, 4.69) is 50.0 Å². The summed E-state index contributed by atoms with van der Waals surface area (Å²) in [7, 11) is 0. The van der Waals surface area contributed by atoms with E-state index in [0.29, 0.717) is 11.6 Å². The molecule has 2 aliphatic carbocycles. The van der Waals surface area contributed by atoms with Crippen molar-refractivity contribution in [3.8, 4) is 0 Å². The molecule has 0 saturated heterocycles. The first-order valence-corrected chi connectivity index (χ1v) is 8.63. The number of aromatic nitrogens is 1. The average molecular weight is 504 g/mol. The first kappa shape index (κ1) is 16.7. The molecular weight excluding hydrogens is 484 g/mol. The van der Waals surface area contributed by atoms with Gasteiger partial charge >= 0.3 is 0 Å². The zero-order valence-corrected chi connectivity index (χ0v) is 17.0. The molecule has 0 spiro atoms. The number of rotatable bonds is 0. The normalized spacial score (nSPS) is 25.6. The summed E-state index contributed by atoms with van der Waals surface area (Å²) in [5.74, 6) is 0.614. The Morgan fingerprint density at radius 3 is 2.72 bits per heavy atom. The molecule has 3 heteroatoms. The van der Waals surface area contributed by atoms with Crippen LogP contribution in [0.1, 0.15) is 50.7 Å². The van der Waals surface area contributed by atoms with Gasteiger partial charge in [-0.25, -0.2) is 0 Å². The Balaban J connectivity index is 0.00000157. The molecule has 5 rings (SSSR count). The largest absolute Gasteiger partial charge is 0.304 e. The monoisotopic (exact) mass is 504 g/mol. The van der Waals surface area contributed by atoms with Gasteiger partial charge in [-0.3, -0.25) is 4.85 Å². The number of pyridine rings is 1. The fraction of sp³-hybridized carbons (Fsp3) is 0.364. The number of hydrogen-bond acceptors (Lipinski definition) is 1. The second-order valence-electron chi connectivity index (χ2n) is 8.09. The SMILES string of the molecule is [C-]#[N+]c1cc[c-]c2c1ccc1c3c(cnc12)[C@@H]1CC[C@@]3(C)C1(C)C.[Ir]. The molecule has 1 heterocycles. The van der Waals surface area contributed by atoms with E-state index in [1.807, 2.05) is 12.1 Å². The second kappa shape index (κ2) is 5.13. The maximum atomic E-state index is 7.40. The van der Waals surface area contributed by atoms with E-state index in [9.17, 15) is 0 Å². The molecule has 0 N–H and O–H groups in total. The van der Waals surface area contributed by atoms with Gasteiger partial charge in [0.15, 0.2) is 0 Å². The third kappa shape index (κ3) is 1.80. The van der Waals surface area contributed by atoms with Crippen LogP contribution in [0.4, 0.5) is 5.69 Å². The summed E-state index contributed by atoms with van der Waals surface area (Å²) >= 11 is 0. The van der Waals surface area contributed by atoms with Crippen LogP contribution in [0.3, 0.4) is 0 Å². The Morgan fingerprint density at radius 1 is 1.20 bits per heavy atom. The first-order chi connectivity index (χ1) is 11.5. The average Bonchev–Trinajstić information content (AvgIpc) is 2.92. The van der Waals surface area contributed by atoms with Crippen molar-refractivity contribution >= 4 is 27.4 Å². The molecule has 2 nitrogen and oxygen atoms in total. The van der Waals surface area contributed by atoms with E-state index in [4.69, 9.17) is 11.6 Å². The van der Waals surface area contributed by atoms with E-state index >= 15 is 0 Å². The van der Waals surface area contributed by atoms with Gasteiger partial charge in [0.05, 0.1) is 6.57 Å². The summed E-state index contributed by atoms with van der Waals surface area (Å²) < 4.78 is 0. The van der Waals surface area contributed by atoms with Crippen LogP contribution in [-0.2, 0) is 25.5 Å². The molecule has 25 heavy (non-hydrogen) atoms. The van der Waals surface area contributed by atoms with Gasteiger partial charge < -0.3 is 4.98 Å². The molecule has 1 aromatic heterocycles. The van der Waals surface area contributed by atoms with E-state index < -0.39 is 0 Å². The maximum absolute atomic E-state index is 7.40. The van der Waals surface area contributed by atoms with Crippen molar-refractivity contribution in [2.45, 2.75) is 44.9 Å². The van der Waals surface area contributed by atoms with Crippen molar-refractivity contribution in [2.75, 3.05) is 0 Å². The van der Waals surface area contributed by atoms with Crippen LogP contribution >= 0.6 is 0 Å². The van der Waals surface area contributed by atoms with E-state index in [-0.39, 0.29) is 30.9 Å². The fourth-order valence-electron chi connectivity index (χ4n) is 5.40. The fourth-order valence-corrected chi connectivity index (χ4v) is 5.40. The van der Waals surface area contributed by atoms with Crippen LogP contribution in [0, 0.1) is 18.1 Å². The summed E-state index contributed by atoms with van der Waals surface area (Å²) in [6.45, 7) is 14.7. The quantitative estimate of drug-likeness (QED) is 0.275. The molecule has 2 atom stereocenters. The summed E-state index contributed by atoms with van der Waals surface area (Å²) in [6, 6.07) is 11.3. The number of benzene rings is 2. The van der Waals surface area contributed by atoms with Crippen molar-refractivity contribution in [2.24, 2.45) is 5.41 Å². The summed E-state index contributed by atoms with van der Waals surface area (Å²) in [6.07, 6.45) is 4.62. The molecule has 127 valence electrons. The van der Waals surface area contributed by atoms with Crippen molar-refractivity contribution in [3.63, 3.8) is 0 Å². The van der Waals surface area contributed by atoms with Gasteiger partial charge in [0, 0.05) is 26.3 Å². The minimum atomic E-state index is 0. The molecule has 1 radical (unpaired) electrons. The molecule has 2 aromatic carbocycles. The third-order valence-electron chi connectivity index (χ3n) is 7.09. The Morgan fingerprint density at radius 2 is 1.96 bits per heavy atom. The smallest absolute Gasteiger partial charge is 0.115 e. The molecule has 0 amide bonds. The minimum absolute atomic E-state index is 0. The topological polar surface area (TPSA) is 17.2 Å². The number of fused-ring (bicyclic) bond motifs is 9. The van der Waals surface area contributed by atoms with Gasteiger partial charge in [-0.2, -0.15) is 6.07 Å². The molecule has 0 unspecified atom stereocenters. The van der Waals surface area contributed by atoms with Crippen LogP contribution < -0.4 is 0 Å². The maximum Gasteiger partial charge on any atom is 0.115 e. The van der Waals surface area contributed by atoms with Crippen LogP contribution in [0.25, 0.3) is 26.5 Å². The summed E-state index contributed by atoms with van der Waals surface area (Å²) in [5, 5.41) is 3.20. The standard InChI is InChI=1S/C22H19N2.Ir/c1-21(2)17-10-11-22(21,3)19-15-9-8-13-14(6-5-7-18(13)23-4)20(15)24-12-16(17)19;/h5,7-9,12,17H,10-11H2,1-3H3;/q-1;/t17-,22+;/m0./s1. The third-order valence-corrected chi connectivity index (χ3v) is 7.09. The van der Waals surface area contributed by atoms with Crippen LogP contribution in [0.2, 0.25) is 0 Å². The number of nitrogens with zero attached hydrogens (tertiary/aromatic N) is 2. The molecular formula is C22H19IrN2-. The predicted molar refractivity (Wildman–Crippen MR) is 97.5 cm³/mol. The van der Waals surface area contributed by atoms with Gasteiger partial charge in [0.2, 0.25) is 0 Å². The van der Waals surface area contributed by atoms with Gasteiger partial charge in [0.1, 0.15) is 5.69 Å². The Labute approximate surface area is 161 Å². The van der Waals surface area contributed by atoms with Crippen molar-refractivity contribution in [1.29, 1.82) is 0 Å².